The summed E-state index contributed by atoms with van der Waals surface area (Å²) in [7, 11) is 0. The molecule has 4 nitrogen and oxygen atoms in total. The third-order valence-electron chi connectivity index (χ3n) is 8.06. The molecule has 0 spiro atoms. The van der Waals surface area contributed by atoms with Crippen LogP contribution in [0.1, 0.15) is 68.0 Å². The molecule has 0 bridgehead atoms. The van der Waals surface area contributed by atoms with Gasteiger partial charge in [0.2, 0.25) is 0 Å². The molecule has 41 heavy (non-hydrogen) atoms. The summed E-state index contributed by atoms with van der Waals surface area (Å²) in [4.78, 5) is 3.95. The van der Waals surface area contributed by atoms with Crippen molar-refractivity contribution < 1.29 is 17.7 Å². The normalized spacial score (nSPS) is 14.9. The zero-order valence-corrected chi connectivity index (χ0v) is 25.5. The Kier molecular flexibility index (Phi) is 7.96. The van der Waals surface area contributed by atoms with Gasteiger partial charge in [0.25, 0.3) is 0 Å². The Morgan fingerprint density at radius 2 is 1.54 bits per heavy atom. The van der Waals surface area contributed by atoms with E-state index in [9.17, 15) is 0 Å². The highest BCUT2D eigenvalue weighted by molar-refractivity contribution is 7.11. The minimum absolute atomic E-state index is 0.0493. The van der Waals surface area contributed by atoms with Crippen molar-refractivity contribution in [3.63, 3.8) is 0 Å². The van der Waals surface area contributed by atoms with E-state index in [1.807, 2.05) is 37.3 Å². The lowest BCUT2D eigenvalue weighted by molar-refractivity contribution is 0.182. The van der Waals surface area contributed by atoms with Gasteiger partial charge in [-0.25, -0.2) is 0 Å². The van der Waals surface area contributed by atoms with Crippen LogP contribution in [0.3, 0.4) is 0 Å². The molecule has 0 saturated heterocycles. The second-order valence-electron chi connectivity index (χ2n) is 10.9. The van der Waals surface area contributed by atoms with Crippen molar-refractivity contribution in [2.45, 2.75) is 58.8 Å². The van der Waals surface area contributed by atoms with Gasteiger partial charge in [-0.2, -0.15) is 0 Å². The Labute approximate surface area is 249 Å². The van der Waals surface area contributed by atoms with E-state index >= 15 is 0 Å². The van der Waals surface area contributed by atoms with Gasteiger partial charge in [0, 0.05) is 38.3 Å². The van der Waals surface area contributed by atoms with Gasteiger partial charge >= 0.3 is 0 Å². The lowest BCUT2D eigenvalue weighted by Gasteiger charge is -2.46. The van der Waals surface area contributed by atoms with E-state index in [0.717, 1.165) is 47.4 Å². The summed E-state index contributed by atoms with van der Waals surface area (Å²) < 4.78 is 25.2. The predicted molar refractivity (Wildman–Crippen MR) is 165 cm³/mol. The van der Waals surface area contributed by atoms with E-state index < -0.39 is 5.41 Å². The molecule has 6 aromatic rings. The van der Waals surface area contributed by atoms with Crippen LogP contribution in [0.2, 0.25) is 0 Å². The molecule has 0 saturated carbocycles. The van der Waals surface area contributed by atoms with Crippen molar-refractivity contribution in [2.24, 2.45) is 5.41 Å². The highest BCUT2D eigenvalue weighted by Gasteiger charge is 2.53. The second-order valence-corrected chi connectivity index (χ2v) is 13.4. The number of aryl methyl sites for hydroxylation is 3. The van der Waals surface area contributed by atoms with E-state index in [1.165, 1.54) is 20.5 Å². The first-order valence-electron chi connectivity index (χ1n) is 14.1. The number of rotatable bonds is 12. The largest absolute Gasteiger partial charge is 0.469 e. The molecule has 0 aliphatic carbocycles. The highest BCUT2D eigenvalue weighted by Crippen LogP contribution is 2.58. The summed E-state index contributed by atoms with van der Waals surface area (Å²) in [6, 6.07) is 25.4. The average Bonchev–Trinajstić information content (AvgIpc) is 3.78. The molecule has 6 rings (SSSR count). The topological polar surface area (TPSA) is 52.6 Å². The molecule has 0 aromatic carbocycles. The molecule has 3 unspecified atom stereocenters. The average molecular weight is 584 g/mol. The van der Waals surface area contributed by atoms with Crippen LogP contribution in [0, 0.1) is 32.1 Å². The fraction of sp³-hybridized carbons (Fsp3) is 0.286. The molecule has 0 amide bonds. The van der Waals surface area contributed by atoms with Gasteiger partial charge in [0.15, 0.2) is 0 Å². The summed E-state index contributed by atoms with van der Waals surface area (Å²) in [6.45, 7) is 8.45. The first-order chi connectivity index (χ1) is 19.9. The van der Waals surface area contributed by atoms with Crippen molar-refractivity contribution in [1.82, 2.24) is 0 Å². The Morgan fingerprint density at radius 3 is 2.15 bits per heavy atom. The van der Waals surface area contributed by atoms with E-state index in [-0.39, 0.29) is 11.8 Å². The maximum Gasteiger partial charge on any atom is 0.112 e. The monoisotopic (exact) mass is 583 g/mol. The van der Waals surface area contributed by atoms with Crippen molar-refractivity contribution in [2.75, 3.05) is 0 Å². The number of furan rings is 4. The summed E-state index contributed by atoms with van der Waals surface area (Å²) >= 11 is 3.66. The van der Waals surface area contributed by atoms with Crippen molar-refractivity contribution >= 4 is 22.7 Å². The summed E-state index contributed by atoms with van der Waals surface area (Å²) in [5.41, 5.74) is -0.449. The molecule has 1 radical (unpaired) electrons. The van der Waals surface area contributed by atoms with E-state index in [1.54, 1.807) is 23.9 Å². The van der Waals surface area contributed by atoms with Crippen LogP contribution in [0.15, 0.2) is 108 Å². The molecule has 211 valence electrons. The zero-order valence-electron chi connectivity index (χ0n) is 23.9. The molecule has 6 heteroatoms. The lowest BCUT2D eigenvalue weighted by Crippen LogP contribution is -2.43. The minimum Gasteiger partial charge on any atom is -0.469 e. The van der Waals surface area contributed by atoms with Gasteiger partial charge in [-0.05, 0) is 106 Å². The highest BCUT2D eigenvalue weighted by atomic mass is 32.1. The molecule has 0 aliphatic rings. The molecular formula is C35H35O4S2. The number of thiophene rings is 2. The fourth-order valence-corrected chi connectivity index (χ4v) is 8.14. The Hall–Kier alpha value is -3.48. The molecular weight excluding hydrogens is 549 g/mol. The standard InChI is InChI=1S/C35H35O4S2/c1-23-11-15-32(38-23)30(20-27-8-5-17-36-27)35(21-28-9-7-19-40-28,22-29-14-13-25(3)41-29)34(33-16-12-24(2)39-33)26(4)31-10-6-18-37-31/h5-19,26,30H,20-22H2,1-4H3. The van der Waals surface area contributed by atoms with E-state index in [0.29, 0.717) is 6.42 Å². The SMILES string of the molecule is Cc1ccc([C](C(C)c2ccco2)C(Cc2cccs2)(Cc2ccc(C)s2)C(Cc2ccco2)c2ccc(C)o2)o1. The molecule has 0 fully saturated rings. The summed E-state index contributed by atoms with van der Waals surface area (Å²) in [6.07, 6.45) is 5.83. The smallest absolute Gasteiger partial charge is 0.112 e. The van der Waals surface area contributed by atoms with Crippen LogP contribution in [0.4, 0.5) is 0 Å². The molecule has 0 aliphatic heterocycles. The van der Waals surface area contributed by atoms with Crippen molar-refractivity contribution in [3.05, 3.63) is 146 Å². The Morgan fingerprint density at radius 1 is 0.756 bits per heavy atom. The van der Waals surface area contributed by atoms with E-state index in [2.05, 4.69) is 79.9 Å². The van der Waals surface area contributed by atoms with Gasteiger partial charge in [-0.1, -0.05) is 13.0 Å². The van der Waals surface area contributed by atoms with Crippen molar-refractivity contribution in [3.8, 4) is 0 Å². The van der Waals surface area contributed by atoms with Crippen LogP contribution in [-0.4, -0.2) is 0 Å². The molecule has 0 N–H and O–H groups in total. The fourth-order valence-electron chi connectivity index (χ4n) is 6.29. The third-order valence-corrected chi connectivity index (χ3v) is 9.93. The first-order valence-corrected chi connectivity index (χ1v) is 15.7. The zero-order chi connectivity index (χ0) is 28.4. The van der Waals surface area contributed by atoms with Crippen LogP contribution < -0.4 is 0 Å². The minimum atomic E-state index is -0.449. The Balaban J connectivity index is 1.64. The van der Waals surface area contributed by atoms with Crippen LogP contribution in [-0.2, 0) is 19.3 Å². The molecule has 6 aromatic heterocycles. The van der Waals surface area contributed by atoms with Gasteiger partial charge in [0.1, 0.15) is 34.6 Å². The summed E-state index contributed by atoms with van der Waals surface area (Å²) in [5.74, 6) is 6.59. The molecule has 3 atom stereocenters. The summed E-state index contributed by atoms with van der Waals surface area (Å²) in [5, 5.41) is 2.17. The van der Waals surface area contributed by atoms with Gasteiger partial charge in [-0.15, -0.1) is 22.7 Å². The van der Waals surface area contributed by atoms with Crippen molar-refractivity contribution in [1.29, 1.82) is 0 Å². The maximum atomic E-state index is 6.53. The number of hydrogen-bond donors (Lipinski definition) is 0. The van der Waals surface area contributed by atoms with E-state index in [4.69, 9.17) is 17.7 Å². The van der Waals surface area contributed by atoms with Crippen LogP contribution in [0.5, 0.6) is 0 Å². The predicted octanol–water partition coefficient (Wildman–Crippen LogP) is 10.3. The van der Waals surface area contributed by atoms with Gasteiger partial charge < -0.3 is 17.7 Å². The van der Waals surface area contributed by atoms with Crippen LogP contribution >= 0.6 is 22.7 Å². The van der Waals surface area contributed by atoms with Gasteiger partial charge in [0.05, 0.1) is 18.4 Å². The lowest BCUT2D eigenvalue weighted by atomic mass is 9.56. The Bertz CT molecular complexity index is 1630. The third kappa shape index (κ3) is 5.81. The maximum absolute atomic E-state index is 6.53. The quantitative estimate of drug-likeness (QED) is 0.144. The second kappa shape index (κ2) is 11.8. The van der Waals surface area contributed by atoms with Gasteiger partial charge in [-0.3, -0.25) is 0 Å². The van der Waals surface area contributed by atoms with Crippen LogP contribution in [0.25, 0.3) is 0 Å². The first kappa shape index (κ1) is 27.7. The molecule has 6 heterocycles. The number of hydrogen-bond acceptors (Lipinski definition) is 6.